The lowest BCUT2D eigenvalue weighted by molar-refractivity contribution is -0.121. The lowest BCUT2D eigenvalue weighted by Gasteiger charge is -2.22. The predicted octanol–water partition coefficient (Wildman–Crippen LogP) is -0.518. The molecule has 0 aromatic carbocycles. The largest absolute Gasteiger partial charge is 0.368 e. The van der Waals surface area contributed by atoms with Crippen molar-refractivity contribution in [3.05, 3.63) is 29.6 Å². The van der Waals surface area contributed by atoms with Gasteiger partial charge >= 0.3 is 0 Å². The molecular formula is C14H16N4O2. The fourth-order valence-electron chi connectivity index (χ4n) is 2.26. The summed E-state index contributed by atoms with van der Waals surface area (Å²) in [5.41, 5.74) is 11.4. The number of likely N-dealkylation sites (tertiary alicyclic amines) is 1. The molecule has 20 heavy (non-hydrogen) atoms. The van der Waals surface area contributed by atoms with Crippen molar-refractivity contribution >= 4 is 11.8 Å². The van der Waals surface area contributed by atoms with E-state index in [9.17, 15) is 9.59 Å². The minimum Gasteiger partial charge on any atom is -0.368 e. The summed E-state index contributed by atoms with van der Waals surface area (Å²) in [5, 5.41) is 0. The van der Waals surface area contributed by atoms with Crippen LogP contribution in [0.15, 0.2) is 18.3 Å². The summed E-state index contributed by atoms with van der Waals surface area (Å²) in [6.07, 6.45) is 2.88. The number of nitrogens with two attached hydrogens (primary N) is 2. The van der Waals surface area contributed by atoms with Crippen LogP contribution in [0.5, 0.6) is 0 Å². The molecule has 0 radical (unpaired) electrons. The monoisotopic (exact) mass is 272 g/mol. The van der Waals surface area contributed by atoms with Gasteiger partial charge in [0.15, 0.2) is 0 Å². The zero-order valence-electron chi connectivity index (χ0n) is 11.0. The highest BCUT2D eigenvalue weighted by Crippen LogP contribution is 2.20. The summed E-state index contributed by atoms with van der Waals surface area (Å²) in [6.45, 7) is 0.711. The van der Waals surface area contributed by atoms with Gasteiger partial charge in [0.25, 0.3) is 5.91 Å². The summed E-state index contributed by atoms with van der Waals surface area (Å²) in [4.78, 5) is 29.4. The number of hydrogen-bond donors (Lipinski definition) is 2. The molecule has 6 heteroatoms. The van der Waals surface area contributed by atoms with Crippen LogP contribution in [0.25, 0.3) is 0 Å². The maximum absolute atomic E-state index is 12.5. The summed E-state index contributed by atoms with van der Waals surface area (Å²) in [7, 11) is 0. The van der Waals surface area contributed by atoms with Crippen molar-refractivity contribution in [1.29, 1.82) is 0 Å². The van der Waals surface area contributed by atoms with E-state index in [4.69, 9.17) is 11.5 Å². The number of pyridine rings is 1. The quantitative estimate of drug-likeness (QED) is 0.707. The molecular weight excluding hydrogens is 256 g/mol. The van der Waals surface area contributed by atoms with E-state index < -0.39 is 11.9 Å². The fourth-order valence-corrected chi connectivity index (χ4v) is 2.26. The minimum atomic E-state index is -0.556. The molecule has 1 aliphatic rings. The van der Waals surface area contributed by atoms with Gasteiger partial charge in [-0.2, -0.15) is 0 Å². The lowest BCUT2D eigenvalue weighted by Crippen LogP contribution is -2.44. The van der Waals surface area contributed by atoms with Crippen molar-refractivity contribution in [2.45, 2.75) is 18.9 Å². The van der Waals surface area contributed by atoms with Gasteiger partial charge in [0.05, 0.1) is 12.1 Å². The van der Waals surface area contributed by atoms with Crippen LogP contribution in [-0.2, 0) is 4.79 Å². The number of aromatic nitrogens is 1. The zero-order valence-corrected chi connectivity index (χ0v) is 11.0. The zero-order chi connectivity index (χ0) is 14.5. The molecule has 2 heterocycles. The molecule has 0 bridgehead atoms. The normalized spacial score (nSPS) is 17.4. The number of carbonyl (C=O) groups excluding carboxylic acids is 2. The fraction of sp³-hybridized carbons (Fsp3) is 0.357. The molecule has 4 N–H and O–H groups in total. The molecule has 0 saturated carbocycles. The smallest absolute Gasteiger partial charge is 0.274 e. The third kappa shape index (κ3) is 2.78. The van der Waals surface area contributed by atoms with Crippen LogP contribution in [0.4, 0.5) is 0 Å². The van der Waals surface area contributed by atoms with Gasteiger partial charge in [-0.05, 0) is 25.0 Å². The van der Waals surface area contributed by atoms with E-state index in [1.54, 1.807) is 12.1 Å². The number of amides is 2. The van der Waals surface area contributed by atoms with Gasteiger partial charge in [-0.1, -0.05) is 11.8 Å². The predicted molar refractivity (Wildman–Crippen MR) is 73.4 cm³/mol. The number of primary amides is 1. The van der Waals surface area contributed by atoms with Crippen LogP contribution in [0.1, 0.15) is 28.9 Å². The molecule has 1 atom stereocenters. The average molecular weight is 272 g/mol. The molecule has 1 aromatic heterocycles. The molecule has 6 nitrogen and oxygen atoms in total. The average Bonchev–Trinajstić information content (AvgIpc) is 2.94. The Balaban J connectivity index is 2.31. The van der Waals surface area contributed by atoms with Gasteiger partial charge in [-0.3, -0.25) is 9.59 Å². The molecule has 1 aliphatic heterocycles. The Bertz CT molecular complexity index is 588. The van der Waals surface area contributed by atoms with E-state index >= 15 is 0 Å². The highest BCUT2D eigenvalue weighted by molar-refractivity contribution is 5.98. The summed E-state index contributed by atoms with van der Waals surface area (Å²) >= 11 is 0. The Labute approximate surface area is 117 Å². The molecule has 1 fully saturated rings. The highest BCUT2D eigenvalue weighted by atomic mass is 16.2. The third-order valence-electron chi connectivity index (χ3n) is 3.18. The highest BCUT2D eigenvalue weighted by Gasteiger charge is 2.34. The Hall–Kier alpha value is -2.39. The summed E-state index contributed by atoms with van der Waals surface area (Å²) < 4.78 is 0. The van der Waals surface area contributed by atoms with E-state index in [1.807, 2.05) is 0 Å². The maximum Gasteiger partial charge on any atom is 0.274 e. The number of hydrogen-bond acceptors (Lipinski definition) is 4. The van der Waals surface area contributed by atoms with Crippen molar-refractivity contribution in [2.24, 2.45) is 11.5 Å². The summed E-state index contributed by atoms with van der Waals surface area (Å²) in [6, 6.07) is 2.85. The number of carbonyl (C=O) groups is 2. The Kier molecular flexibility index (Phi) is 4.33. The van der Waals surface area contributed by atoms with Crippen LogP contribution < -0.4 is 11.5 Å². The maximum atomic E-state index is 12.5. The van der Waals surface area contributed by atoms with Crippen LogP contribution >= 0.6 is 0 Å². The molecule has 2 rings (SSSR count). The molecule has 1 unspecified atom stereocenters. The molecule has 1 aromatic rings. The first-order chi connectivity index (χ1) is 9.65. The van der Waals surface area contributed by atoms with Gasteiger partial charge in [-0.25, -0.2) is 4.98 Å². The van der Waals surface area contributed by atoms with E-state index in [1.165, 1.54) is 11.1 Å². The van der Waals surface area contributed by atoms with Crippen molar-refractivity contribution in [2.75, 3.05) is 13.1 Å². The van der Waals surface area contributed by atoms with Crippen LogP contribution in [-0.4, -0.2) is 40.8 Å². The van der Waals surface area contributed by atoms with E-state index in [-0.39, 0.29) is 18.1 Å². The van der Waals surface area contributed by atoms with E-state index in [0.717, 1.165) is 6.42 Å². The Morgan fingerprint density at radius 1 is 1.50 bits per heavy atom. The lowest BCUT2D eigenvalue weighted by atomic mass is 10.1. The van der Waals surface area contributed by atoms with Gasteiger partial charge in [0.2, 0.25) is 5.91 Å². The number of rotatable bonds is 2. The molecule has 104 valence electrons. The van der Waals surface area contributed by atoms with Crippen molar-refractivity contribution < 1.29 is 9.59 Å². The molecule has 0 aliphatic carbocycles. The van der Waals surface area contributed by atoms with Gasteiger partial charge < -0.3 is 16.4 Å². The van der Waals surface area contributed by atoms with Crippen LogP contribution in [0, 0.1) is 11.8 Å². The number of nitrogens with zero attached hydrogens (tertiary/aromatic N) is 2. The summed E-state index contributed by atoms with van der Waals surface area (Å²) in [5.74, 6) is 4.72. The first-order valence-electron chi connectivity index (χ1n) is 6.39. The standard InChI is InChI=1S/C14H16N4O2/c15-7-1-4-10-5-2-8-17-12(10)14(20)18-9-3-6-11(18)13(16)19/h2,5,8,11H,3,6-7,9,15H2,(H2,16,19). The minimum absolute atomic E-state index is 0.205. The second kappa shape index (κ2) is 6.17. The first-order valence-corrected chi connectivity index (χ1v) is 6.39. The van der Waals surface area contributed by atoms with Crippen LogP contribution in [0.2, 0.25) is 0 Å². The SMILES string of the molecule is NCC#Cc1cccnc1C(=O)N1CCCC1C(N)=O. The van der Waals surface area contributed by atoms with Gasteiger partial charge in [0.1, 0.15) is 11.7 Å². The first kappa shape index (κ1) is 14.0. The van der Waals surface area contributed by atoms with Gasteiger partial charge in [0, 0.05) is 12.7 Å². The molecule has 2 amide bonds. The van der Waals surface area contributed by atoms with Crippen molar-refractivity contribution in [3.63, 3.8) is 0 Å². The third-order valence-corrected chi connectivity index (χ3v) is 3.18. The van der Waals surface area contributed by atoms with E-state index in [0.29, 0.717) is 18.5 Å². The Morgan fingerprint density at radius 2 is 2.30 bits per heavy atom. The Morgan fingerprint density at radius 3 is 3.00 bits per heavy atom. The second-order valence-electron chi connectivity index (χ2n) is 4.46. The van der Waals surface area contributed by atoms with Crippen LogP contribution in [0.3, 0.4) is 0 Å². The van der Waals surface area contributed by atoms with E-state index in [2.05, 4.69) is 16.8 Å². The van der Waals surface area contributed by atoms with Crippen molar-refractivity contribution in [1.82, 2.24) is 9.88 Å². The van der Waals surface area contributed by atoms with Gasteiger partial charge in [-0.15, -0.1) is 0 Å². The molecule has 1 saturated heterocycles. The van der Waals surface area contributed by atoms with Crippen molar-refractivity contribution in [3.8, 4) is 11.8 Å². The second-order valence-corrected chi connectivity index (χ2v) is 4.46. The molecule has 0 spiro atoms. The topological polar surface area (TPSA) is 102 Å².